The highest BCUT2D eigenvalue weighted by molar-refractivity contribution is 7.12. The van der Waals surface area contributed by atoms with Gasteiger partial charge in [0, 0.05) is 9.75 Å². The fourth-order valence-corrected chi connectivity index (χ4v) is 2.30. The fraction of sp³-hybridized carbons (Fsp3) is 0.600. The highest BCUT2D eigenvalue weighted by Crippen LogP contribution is 2.28. The van der Waals surface area contributed by atoms with Crippen molar-refractivity contribution in [1.82, 2.24) is 0 Å². The number of aryl methyl sites for hydroxylation is 1. The molecule has 2 rings (SSSR count). The van der Waals surface area contributed by atoms with E-state index in [0.717, 1.165) is 0 Å². The summed E-state index contributed by atoms with van der Waals surface area (Å²) in [6.45, 7) is 5.55. The first kappa shape index (κ1) is 9.19. The lowest BCUT2D eigenvalue weighted by atomic mass is 10.2. The van der Waals surface area contributed by atoms with E-state index in [4.69, 9.17) is 9.47 Å². The minimum Gasteiger partial charge on any atom is -0.373 e. The molecule has 0 aliphatic carbocycles. The Morgan fingerprint density at radius 2 is 2.15 bits per heavy atom. The number of rotatable bonds is 1. The van der Waals surface area contributed by atoms with Crippen molar-refractivity contribution in [3.8, 4) is 0 Å². The SMILES string of the molecule is Cc1ccc(C2COC(C)CO2)s1. The average molecular weight is 198 g/mol. The summed E-state index contributed by atoms with van der Waals surface area (Å²) in [6, 6.07) is 4.26. The zero-order valence-corrected chi connectivity index (χ0v) is 8.76. The molecule has 0 N–H and O–H groups in total. The zero-order valence-electron chi connectivity index (χ0n) is 7.95. The molecule has 2 nitrogen and oxygen atoms in total. The van der Waals surface area contributed by atoms with Crippen molar-refractivity contribution >= 4 is 11.3 Å². The van der Waals surface area contributed by atoms with Gasteiger partial charge < -0.3 is 9.47 Å². The van der Waals surface area contributed by atoms with Gasteiger partial charge in [-0.15, -0.1) is 11.3 Å². The van der Waals surface area contributed by atoms with Gasteiger partial charge in [-0.3, -0.25) is 0 Å². The Morgan fingerprint density at radius 1 is 1.31 bits per heavy atom. The van der Waals surface area contributed by atoms with Crippen LogP contribution in [0, 0.1) is 6.92 Å². The minimum absolute atomic E-state index is 0.162. The molecule has 0 radical (unpaired) electrons. The highest BCUT2D eigenvalue weighted by Gasteiger charge is 2.21. The van der Waals surface area contributed by atoms with E-state index in [1.165, 1.54) is 9.75 Å². The second kappa shape index (κ2) is 3.78. The molecule has 0 saturated carbocycles. The average Bonchev–Trinajstić information content (AvgIpc) is 2.53. The summed E-state index contributed by atoms with van der Waals surface area (Å²) in [5.41, 5.74) is 0. The third-order valence-electron chi connectivity index (χ3n) is 2.14. The standard InChI is InChI=1S/C10H14O2S/c1-7-5-12-9(6-11-7)10-4-3-8(2)13-10/h3-4,7,9H,5-6H2,1-2H3. The van der Waals surface area contributed by atoms with Crippen molar-refractivity contribution in [2.24, 2.45) is 0 Å². The maximum absolute atomic E-state index is 5.68. The van der Waals surface area contributed by atoms with Gasteiger partial charge in [0.2, 0.25) is 0 Å². The van der Waals surface area contributed by atoms with Crippen LogP contribution in [-0.2, 0) is 9.47 Å². The van der Waals surface area contributed by atoms with Crippen LogP contribution in [0.25, 0.3) is 0 Å². The lowest BCUT2D eigenvalue weighted by Gasteiger charge is -2.26. The Hall–Kier alpha value is -0.380. The number of thiophene rings is 1. The summed E-state index contributed by atoms with van der Waals surface area (Å²) in [7, 11) is 0. The van der Waals surface area contributed by atoms with Gasteiger partial charge in [-0.1, -0.05) is 0 Å². The molecule has 13 heavy (non-hydrogen) atoms. The van der Waals surface area contributed by atoms with Gasteiger partial charge in [-0.05, 0) is 26.0 Å². The van der Waals surface area contributed by atoms with Gasteiger partial charge in [0.05, 0.1) is 19.3 Å². The van der Waals surface area contributed by atoms with Crippen LogP contribution in [0.3, 0.4) is 0 Å². The van der Waals surface area contributed by atoms with Gasteiger partial charge in [-0.25, -0.2) is 0 Å². The molecule has 1 aliphatic heterocycles. The van der Waals surface area contributed by atoms with Crippen LogP contribution < -0.4 is 0 Å². The predicted molar refractivity (Wildman–Crippen MR) is 53.2 cm³/mol. The Balaban J connectivity index is 2.02. The molecule has 0 spiro atoms. The Kier molecular flexibility index (Phi) is 2.67. The molecule has 1 aliphatic rings. The van der Waals surface area contributed by atoms with E-state index in [2.05, 4.69) is 19.1 Å². The molecule has 1 aromatic heterocycles. The van der Waals surface area contributed by atoms with Crippen LogP contribution in [0.2, 0.25) is 0 Å². The third kappa shape index (κ3) is 2.10. The molecule has 0 aromatic carbocycles. The highest BCUT2D eigenvalue weighted by atomic mass is 32.1. The fourth-order valence-electron chi connectivity index (χ4n) is 1.39. The van der Waals surface area contributed by atoms with Gasteiger partial charge in [0.25, 0.3) is 0 Å². The van der Waals surface area contributed by atoms with E-state index in [9.17, 15) is 0 Å². The first-order valence-electron chi connectivity index (χ1n) is 4.55. The van der Waals surface area contributed by atoms with Crippen LogP contribution >= 0.6 is 11.3 Å². The minimum atomic E-state index is 0.162. The maximum atomic E-state index is 5.68. The second-order valence-corrected chi connectivity index (χ2v) is 4.73. The van der Waals surface area contributed by atoms with E-state index in [-0.39, 0.29) is 12.2 Å². The maximum Gasteiger partial charge on any atom is 0.115 e. The van der Waals surface area contributed by atoms with E-state index in [1.54, 1.807) is 11.3 Å². The molecule has 0 bridgehead atoms. The van der Waals surface area contributed by atoms with Gasteiger partial charge in [0.15, 0.2) is 0 Å². The molecule has 2 heterocycles. The van der Waals surface area contributed by atoms with Crippen molar-refractivity contribution < 1.29 is 9.47 Å². The molecule has 1 aromatic rings. The smallest absolute Gasteiger partial charge is 0.115 e. The van der Waals surface area contributed by atoms with Crippen LogP contribution in [0.15, 0.2) is 12.1 Å². The molecule has 0 amide bonds. The van der Waals surface area contributed by atoms with Crippen LogP contribution in [0.1, 0.15) is 22.8 Å². The monoisotopic (exact) mass is 198 g/mol. The van der Waals surface area contributed by atoms with Crippen LogP contribution in [0.4, 0.5) is 0 Å². The molecular weight excluding hydrogens is 184 g/mol. The van der Waals surface area contributed by atoms with Crippen LogP contribution in [-0.4, -0.2) is 19.3 Å². The largest absolute Gasteiger partial charge is 0.373 e. The number of hydrogen-bond donors (Lipinski definition) is 0. The van der Waals surface area contributed by atoms with Gasteiger partial charge in [0.1, 0.15) is 6.10 Å². The predicted octanol–water partition coefficient (Wildman–Crippen LogP) is 2.53. The molecule has 72 valence electrons. The normalized spacial score (nSPS) is 29.1. The zero-order chi connectivity index (χ0) is 9.26. The van der Waals surface area contributed by atoms with Crippen molar-refractivity contribution in [3.63, 3.8) is 0 Å². The molecule has 2 unspecified atom stereocenters. The first-order chi connectivity index (χ1) is 6.25. The van der Waals surface area contributed by atoms with Crippen molar-refractivity contribution in [1.29, 1.82) is 0 Å². The molecule has 1 saturated heterocycles. The van der Waals surface area contributed by atoms with Gasteiger partial charge in [-0.2, -0.15) is 0 Å². The summed E-state index contributed by atoms with van der Waals surface area (Å²) in [6.07, 6.45) is 0.409. The lowest BCUT2D eigenvalue weighted by Crippen LogP contribution is -2.28. The lowest BCUT2D eigenvalue weighted by molar-refractivity contribution is -0.127. The summed E-state index contributed by atoms with van der Waals surface area (Å²) in [5.74, 6) is 0. The first-order valence-corrected chi connectivity index (χ1v) is 5.37. The van der Waals surface area contributed by atoms with Gasteiger partial charge >= 0.3 is 0 Å². The Morgan fingerprint density at radius 3 is 2.69 bits per heavy atom. The van der Waals surface area contributed by atoms with E-state index < -0.39 is 0 Å². The topological polar surface area (TPSA) is 18.5 Å². The van der Waals surface area contributed by atoms with Crippen molar-refractivity contribution in [2.45, 2.75) is 26.1 Å². The summed E-state index contributed by atoms with van der Waals surface area (Å²) in [5, 5.41) is 0. The summed E-state index contributed by atoms with van der Waals surface area (Å²) in [4.78, 5) is 2.61. The molecule has 1 fully saturated rings. The third-order valence-corrected chi connectivity index (χ3v) is 3.24. The number of ether oxygens (including phenoxy) is 2. The Labute approximate surface area is 82.5 Å². The molecule has 2 atom stereocenters. The van der Waals surface area contributed by atoms with E-state index in [0.29, 0.717) is 13.2 Å². The quantitative estimate of drug-likeness (QED) is 0.690. The van der Waals surface area contributed by atoms with Crippen LogP contribution in [0.5, 0.6) is 0 Å². The van der Waals surface area contributed by atoms with E-state index in [1.807, 2.05) is 6.92 Å². The molecule has 3 heteroatoms. The van der Waals surface area contributed by atoms with Crippen molar-refractivity contribution in [3.05, 3.63) is 21.9 Å². The summed E-state index contributed by atoms with van der Waals surface area (Å²) >= 11 is 1.79. The summed E-state index contributed by atoms with van der Waals surface area (Å²) < 4.78 is 11.2. The number of hydrogen-bond acceptors (Lipinski definition) is 3. The second-order valence-electron chi connectivity index (χ2n) is 3.41. The Bertz CT molecular complexity index is 274. The van der Waals surface area contributed by atoms with E-state index >= 15 is 0 Å². The van der Waals surface area contributed by atoms with Crippen molar-refractivity contribution in [2.75, 3.05) is 13.2 Å². The molecular formula is C10H14O2S.